The molecular formula is C27H18ClN7O4S2. The molecule has 0 radical (unpaired) electrons. The Morgan fingerprint density at radius 2 is 1.98 bits per heavy atom. The van der Waals surface area contributed by atoms with Crippen molar-refractivity contribution in [1.29, 1.82) is 0 Å². The molecule has 6 aromatic rings. The molecule has 0 bridgehead atoms. The van der Waals surface area contributed by atoms with E-state index in [0.29, 0.717) is 39.3 Å². The zero-order valence-electron chi connectivity index (χ0n) is 20.9. The van der Waals surface area contributed by atoms with Crippen LogP contribution in [0.1, 0.15) is 25.9 Å². The molecule has 0 aromatic carbocycles. The van der Waals surface area contributed by atoms with Crippen LogP contribution in [0, 0.1) is 0 Å². The van der Waals surface area contributed by atoms with Crippen molar-refractivity contribution < 1.29 is 14.0 Å². The summed E-state index contributed by atoms with van der Waals surface area (Å²) in [5.41, 5.74) is 3.09. The molecule has 0 atom stereocenters. The number of carbonyl (C=O) groups excluding carboxylic acids is 2. The number of Topliss-reactive ketones (excluding diaryl/α,β-unsaturated/α-hetero) is 1. The number of hydrogen-bond acceptors (Lipinski definition) is 11. The number of hydrogen-bond donors (Lipinski definition) is 1. The number of nitrogens with zero attached hydrogens (tertiary/aromatic N) is 6. The lowest BCUT2D eigenvalue weighted by Crippen LogP contribution is -2.26. The molecule has 0 saturated carbocycles. The molecule has 0 amide bonds. The summed E-state index contributed by atoms with van der Waals surface area (Å²) in [6.45, 7) is 0.116. The Morgan fingerprint density at radius 3 is 2.68 bits per heavy atom. The Balaban J connectivity index is 1.48. The van der Waals surface area contributed by atoms with E-state index in [2.05, 4.69) is 25.4 Å². The fourth-order valence-corrected chi connectivity index (χ4v) is 5.72. The fraction of sp³-hybridized carbons (Fsp3) is 0.0741. The van der Waals surface area contributed by atoms with E-state index in [9.17, 15) is 14.4 Å². The number of ketones is 1. The first-order valence-electron chi connectivity index (χ1n) is 12.1. The van der Waals surface area contributed by atoms with Crippen molar-refractivity contribution in [2.75, 3.05) is 5.32 Å². The number of aromatic nitrogens is 6. The van der Waals surface area contributed by atoms with E-state index in [1.807, 2.05) is 6.07 Å². The minimum absolute atomic E-state index is 0.00866. The maximum atomic E-state index is 13.3. The van der Waals surface area contributed by atoms with E-state index >= 15 is 0 Å². The molecule has 0 spiro atoms. The van der Waals surface area contributed by atoms with Crippen LogP contribution in [0.5, 0.6) is 0 Å². The highest BCUT2D eigenvalue weighted by Crippen LogP contribution is 2.32. The van der Waals surface area contributed by atoms with Crippen LogP contribution in [0.3, 0.4) is 0 Å². The van der Waals surface area contributed by atoms with Crippen molar-refractivity contribution in [3.05, 3.63) is 109 Å². The third-order valence-electron chi connectivity index (χ3n) is 6.00. The summed E-state index contributed by atoms with van der Waals surface area (Å²) in [5.74, 6) is -0.516. The topological polar surface area (TPSA) is 138 Å². The predicted octanol–water partition coefficient (Wildman–Crippen LogP) is 5.12. The number of halogens is 1. The zero-order chi connectivity index (χ0) is 28.3. The van der Waals surface area contributed by atoms with Crippen molar-refractivity contribution in [1.82, 2.24) is 29.3 Å². The monoisotopic (exact) mass is 603 g/mol. The average Bonchev–Trinajstić information content (AvgIpc) is 3.80. The Bertz CT molecular complexity index is 1900. The summed E-state index contributed by atoms with van der Waals surface area (Å²) < 4.78 is 8.39. The summed E-state index contributed by atoms with van der Waals surface area (Å²) in [7, 11) is 0. The van der Waals surface area contributed by atoms with Gasteiger partial charge in [0.15, 0.2) is 6.39 Å². The molecule has 6 heterocycles. The number of rotatable bonds is 9. The van der Waals surface area contributed by atoms with Crippen LogP contribution in [0.25, 0.3) is 22.6 Å². The van der Waals surface area contributed by atoms with E-state index in [1.165, 1.54) is 44.2 Å². The van der Waals surface area contributed by atoms with E-state index in [-0.39, 0.29) is 23.8 Å². The molecule has 11 nitrogen and oxygen atoms in total. The molecule has 6 rings (SSSR count). The third-order valence-corrected chi connectivity index (χ3v) is 7.82. The molecule has 0 unspecified atom stereocenters. The zero-order valence-corrected chi connectivity index (χ0v) is 23.3. The average molecular weight is 604 g/mol. The Hall–Kier alpha value is -4.72. The fourth-order valence-electron chi connectivity index (χ4n) is 4.14. The second kappa shape index (κ2) is 11.4. The van der Waals surface area contributed by atoms with Gasteiger partial charge in [0.2, 0.25) is 11.5 Å². The molecule has 6 aromatic heterocycles. The lowest BCUT2D eigenvalue weighted by atomic mass is 10.1. The number of anilines is 1. The molecule has 204 valence electrons. The first-order chi connectivity index (χ1) is 20.0. The number of thiazole rings is 1. The highest BCUT2D eigenvalue weighted by molar-refractivity contribution is 7.16. The molecular weight excluding hydrogens is 586 g/mol. The first-order valence-corrected chi connectivity index (χ1v) is 14.2. The van der Waals surface area contributed by atoms with Gasteiger partial charge in [0.25, 0.3) is 5.56 Å². The molecule has 14 heteroatoms. The van der Waals surface area contributed by atoms with Crippen molar-refractivity contribution >= 4 is 51.8 Å². The quantitative estimate of drug-likeness (QED) is 0.223. The van der Waals surface area contributed by atoms with E-state index in [0.717, 1.165) is 11.3 Å². The number of pyridine rings is 2. The van der Waals surface area contributed by atoms with Gasteiger partial charge < -0.3 is 9.73 Å². The van der Waals surface area contributed by atoms with E-state index < -0.39 is 11.5 Å². The number of thiophene rings is 1. The maximum absolute atomic E-state index is 13.3. The van der Waals surface area contributed by atoms with Crippen LogP contribution >= 0.6 is 34.3 Å². The summed E-state index contributed by atoms with van der Waals surface area (Å²) >= 11 is 8.78. The van der Waals surface area contributed by atoms with Gasteiger partial charge in [0.05, 0.1) is 46.2 Å². The normalized spacial score (nSPS) is 11.0. The van der Waals surface area contributed by atoms with Gasteiger partial charge >= 0.3 is 5.91 Å². The van der Waals surface area contributed by atoms with Gasteiger partial charge in [0, 0.05) is 34.2 Å². The highest BCUT2D eigenvalue weighted by Gasteiger charge is 2.24. The van der Waals surface area contributed by atoms with Crippen LogP contribution < -0.4 is 10.9 Å². The number of oxazole rings is 1. The molecule has 1 N–H and O–H groups in total. The standard InChI is InChI=1S/C27H18ClN7O4S2/c28-23-6-4-16(41-23)10-31-24-9-19(33-35(24)27(38)22-11-29-14-39-22)17-5-7-25(37)34(12-21(36)20-13-40-15-32-20)26(17)18-3-1-2-8-30-18/h1-9,11,13-15,31H,10,12H2. The Labute approximate surface area is 244 Å². The molecule has 41 heavy (non-hydrogen) atoms. The SMILES string of the molecule is O=C(Cn1c(-c2ccccn2)c(-c2cc(NCc3ccc(Cl)s3)n(C(=O)c3cnco3)n2)ccc1=O)c1cscn1. The third kappa shape index (κ3) is 5.50. The predicted molar refractivity (Wildman–Crippen MR) is 154 cm³/mol. The maximum Gasteiger partial charge on any atom is 0.317 e. The second-order valence-electron chi connectivity index (χ2n) is 8.59. The molecule has 0 saturated heterocycles. The van der Waals surface area contributed by atoms with Gasteiger partial charge in [-0.25, -0.2) is 9.97 Å². The second-order valence-corrected chi connectivity index (χ2v) is 11.1. The minimum atomic E-state index is -0.549. The van der Waals surface area contributed by atoms with Crippen molar-refractivity contribution in [2.24, 2.45) is 0 Å². The van der Waals surface area contributed by atoms with Crippen LogP contribution in [0.2, 0.25) is 4.34 Å². The lowest BCUT2D eigenvalue weighted by Gasteiger charge is -2.15. The molecule has 0 aliphatic rings. The van der Waals surface area contributed by atoms with Crippen LogP contribution in [-0.4, -0.2) is 41.0 Å². The van der Waals surface area contributed by atoms with E-state index in [1.54, 1.807) is 53.5 Å². The van der Waals surface area contributed by atoms with Crippen LogP contribution in [0.4, 0.5) is 5.82 Å². The minimum Gasteiger partial charge on any atom is -0.438 e. The Morgan fingerprint density at radius 1 is 1.07 bits per heavy atom. The van der Waals surface area contributed by atoms with Gasteiger partial charge in [-0.3, -0.25) is 23.9 Å². The summed E-state index contributed by atoms with van der Waals surface area (Å²) in [6, 6.07) is 13.6. The van der Waals surface area contributed by atoms with Gasteiger partial charge in [-0.1, -0.05) is 17.7 Å². The summed E-state index contributed by atoms with van der Waals surface area (Å²) in [4.78, 5) is 52.8. The van der Waals surface area contributed by atoms with Gasteiger partial charge in [-0.2, -0.15) is 9.78 Å². The highest BCUT2D eigenvalue weighted by atomic mass is 35.5. The van der Waals surface area contributed by atoms with Crippen molar-refractivity contribution in [2.45, 2.75) is 13.1 Å². The smallest absolute Gasteiger partial charge is 0.317 e. The molecule has 0 fully saturated rings. The first kappa shape index (κ1) is 26.5. The van der Waals surface area contributed by atoms with Crippen LogP contribution in [-0.2, 0) is 13.1 Å². The van der Waals surface area contributed by atoms with Crippen molar-refractivity contribution in [3.8, 4) is 22.6 Å². The summed E-state index contributed by atoms with van der Waals surface area (Å²) in [5, 5.41) is 9.46. The molecule has 0 aliphatic carbocycles. The van der Waals surface area contributed by atoms with Gasteiger partial charge in [0.1, 0.15) is 11.5 Å². The largest absolute Gasteiger partial charge is 0.438 e. The number of nitrogens with one attached hydrogen (secondary N) is 1. The summed E-state index contributed by atoms with van der Waals surface area (Å²) in [6.07, 6.45) is 4.05. The lowest BCUT2D eigenvalue weighted by molar-refractivity contribution is 0.0919. The molecule has 0 aliphatic heterocycles. The van der Waals surface area contributed by atoms with E-state index in [4.69, 9.17) is 16.0 Å². The number of carbonyl (C=O) groups is 2. The Kier molecular flexibility index (Phi) is 7.37. The van der Waals surface area contributed by atoms with Crippen molar-refractivity contribution in [3.63, 3.8) is 0 Å². The van der Waals surface area contributed by atoms with Gasteiger partial charge in [-0.05, 0) is 30.3 Å². The van der Waals surface area contributed by atoms with Gasteiger partial charge in [-0.15, -0.1) is 22.7 Å². The van der Waals surface area contributed by atoms with Crippen LogP contribution in [0.15, 0.2) is 87.4 Å².